The fraction of sp³-hybridized carbons (Fsp3) is 0.0714. The molecule has 0 atom stereocenters. The van der Waals surface area contributed by atoms with Gasteiger partial charge in [0.05, 0.1) is 11.3 Å². The lowest BCUT2D eigenvalue weighted by atomic mass is 10.1. The SMILES string of the molecule is Cc1cc(F)cc(-n2nnnc2-c2cc(N)ccc2F)c1. The minimum atomic E-state index is -0.506. The number of hydrogen-bond donors (Lipinski definition) is 1. The second kappa shape index (κ2) is 4.93. The molecule has 0 radical (unpaired) electrons. The smallest absolute Gasteiger partial charge is 0.190 e. The highest BCUT2D eigenvalue weighted by molar-refractivity contribution is 5.63. The summed E-state index contributed by atoms with van der Waals surface area (Å²) in [6.45, 7) is 1.75. The van der Waals surface area contributed by atoms with Crippen molar-refractivity contribution in [3.63, 3.8) is 0 Å². The Morgan fingerprint density at radius 3 is 2.67 bits per heavy atom. The van der Waals surface area contributed by atoms with Crippen molar-refractivity contribution in [1.82, 2.24) is 20.2 Å². The van der Waals surface area contributed by atoms with Crippen molar-refractivity contribution in [2.75, 3.05) is 5.73 Å². The molecule has 106 valence electrons. The zero-order valence-electron chi connectivity index (χ0n) is 11.1. The Morgan fingerprint density at radius 1 is 1.10 bits per heavy atom. The van der Waals surface area contributed by atoms with Gasteiger partial charge in [-0.05, 0) is 59.3 Å². The van der Waals surface area contributed by atoms with Crippen molar-refractivity contribution in [1.29, 1.82) is 0 Å². The van der Waals surface area contributed by atoms with Crippen LogP contribution >= 0.6 is 0 Å². The van der Waals surface area contributed by atoms with Crippen LogP contribution in [0, 0.1) is 18.6 Å². The molecule has 21 heavy (non-hydrogen) atoms. The molecule has 1 aromatic heterocycles. The average Bonchev–Trinajstić information content (AvgIpc) is 2.89. The molecule has 2 aromatic carbocycles. The van der Waals surface area contributed by atoms with E-state index in [9.17, 15) is 8.78 Å². The third-order valence-corrected chi connectivity index (χ3v) is 2.97. The van der Waals surface area contributed by atoms with Crippen molar-refractivity contribution in [2.45, 2.75) is 6.92 Å². The van der Waals surface area contributed by atoms with E-state index < -0.39 is 11.6 Å². The van der Waals surface area contributed by atoms with E-state index in [2.05, 4.69) is 15.5 Å². The molecule has 3 aromatic rings. The molecule has 2 N–H and O–H groups in total. The standard InChI is InChI=1S/C14H11F2N5/c1-8-4-9(15)6-11(5-8)21-14(18-19-20-21)12-7-10(17)2-3-13(12)16/h2-7H,17H2,1H3. The number of aromatic nitrogens is 4. The van der Waals surface area contributed by atoms with Crippen LogP contribution in [-0.2, 0) is 0 Å². The summed E-state index contributed by atoms with van der Waals surface area (Å²) in [7, 11) is 0. The molecule has 0 aliphatic heterocycles. The van der Waals surface area contributed by atoms with Crippen molar-refractivity contribution in [3.8, 4) is 17.1 Å². The van der Waals surface area contributed by atoms with Gasteiger partial charge in [-0.15, -0.1) is 5.10 Å². The maximum Gasteiger partial charge on any atom is 0.190 e. The Kier molecular flexibility index (Phi) is 3.09. The number of tetrazole rings is 1. The van der Waals surface area contributed by atoms with Crippen LogP contribution in [-0.4, -0.2) is 20.2 Å². The van der Waals surface area contributed by atoms with E-state index in [1.54, 1.807) is 13.0 Å². The minimum absolute atomic E-state index is 0.155. The summed E-state index contributed by atoms with van der Waals surface area (Å²) >= 11 is 0. The van der Waals surface area contributed by atoms with E-state index in [0.29, 0.717) is 16.9 Å². The van der Waals surface area contributed by atoms with Crippen LogP contribution in [0.3, 0.4) is 0 Å². The highest BCUT2D eigenvalue weighted by atomic mass is 19.1. The molecule has 0 spiro atoms. The Bertz CT molecular complexity index is 793. The third-order valence-electron chi connectivity index (χ3n) is 2.97. The van der Waals surface area contributed by atoms with Crippen LogP contribution in [0.15, 0.2) is 36.4 Å². The second-order valence-corrected chi connectivity index (χ2v) is 4.64. The molecular formula is C14H11F2N5. The van der Waals surface area contributed by atoms with Gasteiger partial charge in [-0.3, -0.25) is 0 Å². The van der Waals surface area contributed by atoms with Gasteiger partial charge in [0.25, 0.3) is 0 Å². The Morgan fingerprint density at radius 2 is 1.90 bits per heavy atom. The number of anilines is 1. The molecule has 0 unspecified atom stereocenters. The lowest BCUT2D eigenvalue weighted by molar-refractivity contribution is 0.622. The van der Waals surface area contributed by atoms with Gasteiger partial charge in [0.15, 0.2) is 5.82 Å². The highest BCUT2D eigenvalue weighted by Gasteiger charge is 2.16. The first-order chi connectivity index (χ1) is 10.0. The molecule has 1 heterocycles. The van der Waals surface area contributed by atoms with Crippen molar-refractivity contribution >= 4 is 5.69 Å². The van der Waals surface area contributed by atoms with Gasteiger partial charge in [0.1, 0.15) is 11.6 Å². The average molecular weight is 287 g/mol. The number of nitrogens with two attached hydrogens (primary N) is 1. The summed E-state index contributed by atoms with van der Waals surface area (Å²) < 4.78 is 28.7. The van der Waals surface area contributed by atoms with E-state index in [1.807, 2.05) is 0 Å². The lowest BCUT2D eigenvalue weighted by Gasteiger charge is -2.07. The highest BCUT2D eigenvalue weighted by Crippen LogP contribution is 2.25. The van der Waals surface area contributed by atoms with E-state index in [4.69, 9.17) is 5.73 Å². The van der Waals surface area contributed by atoms with Crippen molar-refractivity contribution < 1.29 is 8.78 Å². The maximum atomic E-state index is 13.9. The first kappa shape index (κ1) is 13.2. The molecule has 7 heteroatoms. The molecule has 0 amide bonds. The summed E-state index contributed by atoms with van der Waals surface area (Å²) in [6.07, 6.45) is 0. The lowest BCUT2D eigenvalue weighted by Crippen LogP contribution is -2.02. The summed E-state index contributed by atoms with van der Waals surface area (Å²) in [5, 5.41) is 11.1. The zero-order valence-corrected chi connectivity index (χ0v) is 11.1. The van der Waals surface area contributed by atoms with Gasteiger partial charge in [-0.1, -0.05) is 0 Å². The minimum Gasteiger partial charge on any atom is -0.399 e. The van der Waals surface area contributed by atoms with Crippen LogP contribution in [0.5, 0.6) is 0 Å². The predicted molar refractivity (Wildman–Crippen MR) is 73.7 cm³/mol. The van der Waals surface area contributed by atoms with Gasteiger partial charge in [-0.2, -0.15) is 4.68 Å². The quantitative estimate of drug-likeness (QED) is 0.735. The number of halogens is 2. The molecule has 0 fully saturated rings. The summed E-state index contributed by atoms with van der Waals surface area (Å²) in [5.74, 6) is -0.766. The Labute approximate surface area is 119 Å². The van der Waals surface area contributed by atoms with Gasteiger partial charge >= 0.3 is 0 Å². The normalized spacial score (nSPS) is 10.8. The van der Waals surface area contributed by atoms with Gasteiger partial charge in [0.2, 0.25) is 0 Å². The van der Waals surface area contributed by atoms with E-state index in [1.165, 1.54) is 35.0 Å². The summed E-state index contributed by atoms with van der Waals surface area (Å²) in [5.41, 5.74) is 7.33. The molecule has 0 saturated heterocycles. The summed E-state index contributed by atoms with van der Waals surface area (Å²) in [4.78, 5) is 0. The topological polar surface area (TPSA) is 69.6 Å². The molecule has 0 aliphatic carbocycles. The number of rotatable bonds is 2. The van der Waals surface area contributed by atoms with E-state index >= 15 is 0 Å². The Hall–Kier alpha value is -2.83. The van der Waals surface area contributed by atoms with Crippen molar-refractivity contribution in [2.24, 2.45) is 0 Å². The molecule has 3 rings (SSSR count). The first-order valence-electron chi connectivity index (χ1n) is 6.16. The van der Waals surface area contributed by atoms with Crippen molar-refractivity contribution in [3.05, 3.63) is 53.6 Å². The van der Waals surface area contributed by atoms with Crippen LogP contribution in [0.25, 0.3) is 17.1 Å². The fourth-order valence-electron chi connectivity index (χ4n) is 2.08. The number of aryl methyl sites for hydroxylation is 1. The monoisotopic (exact) mass is 287 g/mol. The first-order valence-corrected chi connectivity index (χ1v) is 6.16. The molecule has 5 nitrogen and oxygen atoms in total. The van der Waals surface area contributed by atoms with Crippen LogP contribution in [0.2, 0.25) is 0 Å². The van der Waals surface area contributed by atoms with E-state index in [-0.39, 0.29) is 11.4 Å². The maximum absolute atomic E-state index is 13.9. The molecule has 0 bridgehead atoms. The van der Waals surface area contributed by atoms with E-state index in [0.717, 1.165) is 0 Å². The Balaban J connectivity index is 2.19. The number of nitrogens with zero attached hydrogens (tertiary/aromatic N) is 4. The zero-order chi connectivity index (χ0) is 15.0. The number of benzene rings is 2. The van der Waals surface area contributed by atoms with Crippen LogP contribution < -0.4 is 5.73 Å². The fourth-order valence-corrected chi connectivity index (χ4v) is 2.08. The molecule has 0 aliphatic rings. The number of hydrogen-bond acceptors (Lipinski definition) is 4. The second-order valence-electron chi connectivity index (χ2n) is 4.64. The third kappa shape index (κ3) is 2.45. The molecule has 0 saturated carbocycles. The van der Waals surface area contributed by atoms with Gasteiger partial charge in [0, 0.05) is 5.69 Å². The summed E-state index contributed by atoms with van der Waals surface area (Å²) in [6, 6.07) is 8.47. The molecular weight excluding hydrogens is 276 g/mol. The predicted octanol–water partition coefficient (Wildman–Crippen LogP) is 2.50. The van der Waals surface area contributed by atoms with Crippen LogP contribution in [0.1, 0.15) is 5.56 Å². The van der Waals surface area contributed by atoms with Gasteiger partial charge < -0.3 is 5.73 Å². The number of nitrogen functional groups attached to an aromatic ring is 1. The van der Waals surface area contributed by atoms with Gasteiger partial charge in [-0.25, -0.2) is 8.78 Å². The largest absolute Gasteiger partial charge is 0.399 e. The van der Waals surface area contributed by atoms with Crippen LogP contribution in [0.4, 0.5) is 14.5 Å².